The van der Waals surface area contributed by atoms with Crippen LogP contribution in [0.4, 0.5) is 0 Å². The quantitative estimate of drug-likeness (QED) is 0.767. The Hall–Kier alpha value is -1.52. The Bertz CT molecular complexity index is 592. The van der Waals surface area contributed by atoms with Crippen LogP contribution in [0, 0.1) is 5.92 Å². The van der Waals surface area contributed by atoms with Crippen LogP contribution in [-0.4, -0.2) is 24.0 Å². The second-order valence-electron chi connectivity index (χ2n) is 5.31. The lowest BCUT2D eigenvalue weighted by atomic mass is 10.2. The Balaban J connectivity index is 1.85. The number of rotatable bonds is 6. The van der Waals surface area contributed by atoms with Gasteiger partial charge in [-0.15, -0.1) is 0 Å². The average molecular weight is 294 g/mol. The van der Waals surface area contributed by atoms with E-state index in [0.29, 0.717) is 30.6 Å². The maximum absolute atomic E-state index is 11.6. The largest absolute Gasteiger partial charge is 0.361 e. The zero-order chi connectivity index (χ0) is 14.5. The number of hydrogen-bond donors (Lipinski definition) is 3. The molecular weight excluding hydrogens is 274 g/mol. The number of hydrogen-bond acceptors (Lipinski definition) is 2. The first-order chi connectivity index (χ1) is 9.56. The van der Waals surface area contributed by atoms with Gasteiger partial charge in [0.15, 0.2) is 0 Å². The number of amides is 1. The minimum atomic E-state index is 0.0292. The van der Waals surface area contributed by atoms with E-state index in [1.54, 1.807) is 0 Å². The van der Waals surface area contributed by atoms with Crippen LogP contribution < -0.4 is 10.6 Å². The molecule has 0 unspecified atom stereocenters. The molecule has 0 aliphatic rings. The van der Waals surface area contributed by atoms with E-state index in [4.69, 9.17) is 11.6 Å². The van der Waals surface area contributed by atoms with Crippen molar-refractivity contribution in [2.24, 2.45) is 5.92 Å². The molecular formula is C15H20ClN3O. The zero-order valence-electron chi connectivity index (χ0n) is 11.8. The second kappa shape index (κ2) is 6.77. The molecule has 0 aliphatic heterocycles. The highest BCUT2D eigenvalue weighted by Crippen LogP contribution is 2.21. The van der Waals surface area contributed by atoms with Crippen LogP contribution in [0.25, 0.3) is 10.9 Å². The minimum Gasteiger partial charge on any atom is -0.361 e. The van der Waals surface area contributed by atoms with Gasteiger partial charge >= 0.3 is 0 Å². The van der Waals surface area contributed by atoms with Crippen LogP contribution >= 0.6 is 11.6 Å². The summed E-state index contributed by atoms with van der Waals surface area (Å²) in [5.41, 5.74) is 2.15. The molecule has 1 heterocycles. The van der Waals surface area contributed by atoms with Crippen LogP contribution in [0.15, 0.2) is 24.4 Å². The number of benzene rings is 1. The van der Waals surface area contributed by atoms with Crippen molar-refractivity contribution in [1.29, 1.82) is 0 Å². The van der Waals surface area contributed by atoms with Crippen molar-refractivity contribution >= 4 is 28.4 Å². The van der Waals surface area contributed by atoms with Gasteiger partial charge in [-0.1, -0.05) is 31.5 Å². The molecule has 2 aromatic rings. The molecule has 2 rings (SSSR count). The fraction of sp³-hybridized carbons (Fsp3) is 0.400. The van der Waals surface area contributed by atoms with Gasteiger partial charge in [-0.05, 0) is 23.6 Å². The number of aromatic nitrogens is 1. The standard InChI is InChI=1S/C15H20ClN3O/c1-10(2)6-19-15(20)9-17-7-11-8-18-14-5-12(16)3-4-13(11)14/h3-5,8,10,17-18H,6-7,9H2,1-2H3,(H,19,20). The summed E-state index contributed by atoms with van der Waals surface area (Å²) in [5, 5.41) is 7.88. The maximum Gasteiger partial charge on any atom is 0.233 e. The smallest absolute Gasteiger partial charge is 0.233 e. The molecule has 0 bridgehead atoms. The molecule has 0 fully saturated rings. The van der Waals surface area contributed by atoms with E-state index >= 15 is 0 Å². The molecule has 3 N–H and O–H groups in total. The topological polar surface area (TPSA) is 56.9 Å². The number of fused-ring (bicyclic) bond motifs is 1. The monoisotopic (exact) mass is 293 g/mol. The first kappa shape index (κ1) is 14.9. The summed E-state index contributed by atoms with van der Waals surface area (Å²) >= 11 is 5.95. The summed E-state index contributed by atoms with van der Waals surface area (Å²) in [6.07, 6.45) is 1.94. The number of aromatic amines is 1. The van der Waals surface area contributed by atoms with Gasteiger partial charge in [0.2, 0.25) is 5.91 Å². The highest BCUT2D eigenvalue weighted by Gasteiger charge is 2.05. The van der Waals surface area contributed by atoms with E-state index in [2.05, 4.69) is 29.5 Å². The third-order valence-corrected chi connectivity index (χ3v) is 3.27. The number of H-pyrrole nitrogens is 1. The van der Waals surface area contributed by atoms with Crippen LogP contribution in [-0.2, 0) is 11.3 Å². The molecule has 108 valence electrons. The van der Waals surface area contributed by atoms with Gasteiger partial charge in [0.1, 0.15) is 0 Å². The summed E-state index contributed by atoms with van der Waals surface area (Å²) < 4.78 is 0. The Morgan fingerprint density at radius 2 is 2.20 bits per heavy atom. The predicted molar refractivity (Wildman–Crippen MR) is 82.9 cm³/mol. The van der Waals surface area contributed by atoms with Gasteiger partial charge in [-0.2, -0.15) is 0 Å². The predicted octanol–water partition coefficient (Wildman–Crippen LogP) is 2.68. The zero-order valence-corrected chi connectivity index (χ0v) is 12.6. The van der Waals surface area contributed by atoms with Crippen molar-refractivity contribution < 1.29 is 4.79 Å². The van der Waals surface area contributed by atoms with E-state index in [9.17, 15) is 4.79 Å². The van der Waals surface area contributed by atoms with Crippen molar-refractivity contribution in [2.45, 2.75) is 20.4 Å². The number of halogens is 1. The first-order valence-electron chi connectivity index (χ1n) is 6.79. The summed E-state index contributed by atoms with van der Waals surface area (Å²) in [6, 6.07) is 5.76. The second-order valence-corrected chi connectivity index (χ2v) is 5.74. The van der Waals surface area contributed by atoms with E-state index in [1.165, 1.54) is 0 Å². The van der Waals surface area contributed by atoms with Crippen molar-refractivity contribution in [1.82, 2.24) is 15.6 Å². The molecule has 1 aromatic heterocycles. The molecule has 0 radical (unpaired) electrons. The maximum atomic E-state index is 11.6. The van der Waals surface area contributed by atoms with Crippen molar-refractivity contribution in [2.75, 3.05) is 13.1 Å². The van der Waals surface area contributed by atoms with E-state index in [1.807, 2.05) is 24.4 Å². The Morgan fingerprint density at radius 1 is 1.40 bits per heavy atom. The Labute approximate surface area is 123 Å². The van der Waals surface area contributed by atoms with Gasteiger partial charge in [0.05, 0.1) is 6.54 Å². The number of carbonyl (C=O) groups is 1. The molecule has 1 aromatic carbocycles. The van der Waals surface area contributed by atoms with Crippen molar-refractivity contribution in [3.05, 3.63) is 35.0 Å². The van der Waals surface area contributed by atoms with Gasteiger partial charge in [0.25, 0.3) is 0 Å². The van der Waals surface area contributed by atoms with Crippen LogP contribution in [0.1, 0.15) is 19.4 Å². The molecule has 0 atom stereocenters. The molecule has 0 aliphatic carbocycles. The van der Waals surface area contributed by atoms with Gasteiger partial charge in [0, 0.05) is 35.2 Å². The Morgan fingerprint density at radius 3 is 2.95 bits per heavy atom. The van der Waals surface area contributed by atoms with Crippen LogP contribution in [0.5, 0.6) is 0 Å². The summed E-state index contributed by atoms with van der Waals surface area (Å²) in [7, 11) is 0. The van der Waals surface area contributed by atoms with Crippen molar-refractivity contribution in [3.8, 4) is 0 Å². The van der Waals surface area contributed by atoms with E-state index < -0.39 is 0 Å². The van der Waals surface area contributed by atoms with Gasteiger partial charge in [-0.25, -0.2) is 0 Å². The van der Waals surface area contributed by atoms with Crippen LogP contribution in [0.3, 0.4) is 0 Å². The molecule has 4 nitrogen and oxygen atoms in total. The van der Waals surface area contributed by atoms with Crippen LogP contribution in [0.2, 0.25) is 5.02 Å². The fourth-order valence-corrected chi connectivity index (χ4v) is 2.17. The highest BCUT2D eigenvalue weighted by atomic mass is 35.5. The number of nitrogens with one attached hydrogen (secondary N) is 3. The molecule has 0 saturated heterocycles. The lowest BCUT2D eigenvalue weighted by Gasteiger charge is -2.08. The third-order valence-electron chi connectivity index (χ3n) is 3.04. The highest BCUT2D eigenvalue weighted by molar-refractivity contribution is 6.31. The molecule has 0 saturated carbocycles. The normalized spacial score (nSPS) is 11.2. The lowest BCUT2D eigenvalue weighted by molar-refractivity contribution is -0.120. The summed E-state index contributed by atoms with van der Waals surface area (Å²) in [4.78, 5) is 14.8. The summed E-state index contributed by atoms with van der Waals surface area (Å²) in [5.74, 6) is 0.499. The molecule has 1 amide bonds. The van der Waals surface area contributed by atoms with E-state index in [0.717, 1.165) is 16.5 Å². The molecule has 0 spiro atoms. The lowest BCUT2D eigenvalue weighted by Crippen LogP contribution is -2.35. The average Bonchev–Trinajstić information content (AvgIpc) is 2.79. The van der Waals surface area contributed by atoms with Gasteiger partial charge < -0.3 is 15.6 Å². The van der Waals surface area contributed by atoms with Crippen molar-refractivity contribution in [3.63, 3.8) is 0 Å². The first-order valence-corrected chi connectivity index (χ1v) is 7.17. The summed E-state index contributed by atoms with van der Waals surface area (Å²) in [6.45, 7) is 5.84. The third kappa shape index (κ3) is 3.99. The number of carbonyl (C=O) groups excluding carboxylic acids is 1. The molecule has 20 heavy (non-hydrogen) atoms. The van der Waals surface area contributed by atoms with E-state index in [-0.39, 0.29) is 5.91 Å². The SMILES string of the molecule is CC(C)CNC(=O)CNCc1c[nH]c2cc(Cl)ccc12. The molecule has 5 heteroatoms. The van der Waals surface area contributed by atoms with Gasteiger partial charge in [-0.3, -0.25) is 4.79 Å². The minimum absolute atomic E-state index is 0.0292. The Kier molecular flexibility index (Phi) is 5.04. The fourth-order valence-electron chi connectivity index (χ4n) is 2.00.